The van der Waals surface area contributed by atoms with Gasteiger partial charge in [-0.3, -0.25) is 14.3 Å². The number of nitrogens with one attached hydrogen (secondary N) is 2. The fourth-order valence-corrected chi connectivity index (χ4v) is 3.25. The molecule has 1 aliphatic rings. The summed E-state index contributed by atoms with van der Waals surface area (Å²) in [5.74, 6) is 0.274. The van der Waals surface area contributed by atoms with Crippen molar-refractivity contribution in [3.63, 3.8) is 0 Å². The Labute approximate surface area is 163 Å². The Bertz CT molecular complexity index is 755. The number of nitrogens with zero attached hydrogens (tertiary/aromatic N) is 2. The highest BCUT2D eigenvalue weighted by Crippen LogP contribution is 2.18. The van der Waals surface area contributed by atoms with Crippen LogP contribution in [0.4, 0.5) is 11.5 Å². The Morgan fingerprint density at radius 3 is 2.85 bits per heavy atom. The highest BCUT2D eigenvalue weighted by molar-refractivity contribution is 7.80. The van der Waals surface area contributed by atoms with E-state index in [1.807, 2.05) is 13.8 Å². The highest BCUT2D eigenvalue weighted by Gasteiger charge is 2.23. The van der Waals surface area contributed by atoms with Crippen LogP contribution in [0, 0.1) is 5.92 Å². The normalized spacial score (nSPS) is 16.7. The highest BCUT2D eigenvalue weighted by atomic mass is 32.1. The van der Waals surface area contributed by atoms with Crippen molar-refractivity contribution in [3.05, 3.63) is 20.8 Å². The molecule has 1 aromatic rings. The Kier molecular flexibility index (Phi) is 7.81. The van der Waals surface area contributed by atoms with Crippen LogP contribution in [0.3, 0.4) is 0 Å². The van der Waals surface area contributed by atoms with Crippen LogP contribution in [0.2, 0.25) is 0 Å². The molecule has 0 saturated carbocycles. The molecule has 4 N–H and O–H groups in total. The number of anilines is 2. The summed E-state index contributed by atoms with van der Waals surface area (Å²) in [7, 11) is 1.56. The van der Waals surface area contributed by atoms with Gasteiger partial charge < -0.3 is 25.4 Å². The third-order valence-corrected chi connectivity index (χ3v) is 4.67. The Morgan fingerprint density at radius 1 is 1.52 bits per heavy atom. The number of nitrogens with two attached hydrogens (primary N) is 1. The van der Waals surface area contributed by atoms with Crippen LogP contribution >= 0.6 is 12.2 Å². The zero-order chi connectivity index (χ0) is 20.0. The number of aromatic nitrogens is 2. The monoisotopic (exact) mass is 399 g/mol. The lowest BCUT2D eigenvalue weighted by atomic mass is 10.2. The van der Waals surface area contributed by atoms with Crippen molar-refractivity contribution in [2.45, 2.75) is 39.3 Å². The fourth-order valence-electron chi connectivity index (χ4n) is 2.98. The standard InChI is InChI=1S/C17H29N5O4S/c1-11(2)10-22-14(18)13(15(23)20-16(22)24)21(6-8-25-3)17(27)19-9-12-5-4-7-26-12/h11-12H,4-10,18H2,1-3H3,(H,19,27)(H,20,23,24)/t12-/m1/s1. The Balaban J connectivity index is 2.32. The van der Waals surface area contributed by atoms with Crippen molar-refractivity contribution in [2.24, 2.45) is 5.92 Å². The molecule has 0 aromatic carbocycles. The van der Waals surface area contributed by atoms with Crippen LogP contribution in [0.15, 0.2) is 9.59 Å². The first kappa shape index (κ1) is 21.4. The van der Waals surface area contributed by atoms with E-state index in [1.54, 1.807) is 12.0 Å². The van der Waals surface area contributed by atoms with Crippen molar-refractivity contribution < 1.29 is 9.47 Å². The molecule has 1 atom stereocenters. The molecular weight excluding hydrogens is 370 g/mol. The van der Waals surface area contributed by atoms with Gasteiger partial charge in [0.15, 0.2) is 10.8 Å². The number of rotatable bonds is 8. The van der Waals surface area contributed by atoms with Gasteiger partial charge in [0.2, 0.25) is 0 Å². The van der Waals surface area contributed by atoms with Gasteiger partial charge in [0, 0.05) is 33.4 Å². The van der Waals surface area contributed by atoms with Gasteiger partial charge in [0.25, 0.3) is 5.56 Å². The molecule has 0 spiro atoms. The van der Waals surface area contributed by atoms with E-state index in [9.17, 15) is 9.59 Å². The van der Waals surface area contributed by atoms with Crippen molar-refractivity contribution in [1.82, 2.24) is 14.9 Å². The summed E-state index contributed by atoms with van der Waals surface area (Å²) in [4.78, 5) is 28.6. The van der Waals surface area contributed by atoms with Crippen LogP contribution in [0.5, 0.6) is 0 Å². The molecule has 1 fully saturated rings. The second kappa shape index (κ2) is 9.86. The third kappa shape index (κ3) is 5.53. The minimum absolute atomic E-state index is 0.0924. The van der Waals surface area contributed by atoms with Crippen molar-refractivity contribution >= 4 is 28.8 Å². The second-order valence-corrected chi connectivity index (χ2v) is 7.35. The maximum atomic E-state index is 12.5. The topological polar surface area (TPSA) is 115 Å². The molecule has 0 unspecified atom stereocenters. The Hall–Kier alpha value is -1.91. The van der Waals surface area contributed by atoms with E-state index >= 15 is 0 Å². The molecular formula is C17H29N5O4S. The van der Waals surface area contributed by atoms with Crippen molar-refractivity contribution in [2.75, 3.05) is 44.0 Å². The number of nitrogen functional groups attached to an aromatic ring is 1. The van der Waals surface area contributed by atoms with E-state index in [2.05, 4.69) is 10.3 Å². The van der Waals surface area contributed by atoms with Gasteiger partial charge >= 0.3 is 5.69 Å². The largest absolute Gasteiger partial charge is 0.383 e. The number of aromatic amines is 1. The van der Waals surface area contributed by atoms with Gasteiger partial charge in [-0.05, 0) is 31.0 Å². The lowest BCUT2D eigenvalue weighted by molar-refractivity contribution is 0.114. The first-order valence-electron chi connectivity index (χ1n) is 9.13. The van der Waals surface area contributed by atoms with E-state index in [0.717, 1.165) is 19.4 Å². The van der Waals surface area contributed by atoms with Crippen molar-refractivity contribution in [3.8, 4) is 0 Å². The maximum Gasteiger partial charge on any atom is 0.330 e. The van der Waals surface area contributed by atoms with Crippen molar-refractivity contribution in [1.29, 1.82) is 0 Å². The van der Waals surface area contributed by atoms with Gasteiger partial charge in [-0.15, -0.1) is 0 Å². The SMILES string of the molecule is COCCN(C(=S)NC[C@H]1CCCO1)c1c(N)n(CC(C)C)c(=O)[nH]c1=O. The molecule has 1 aromatic heterocycles. The minimum atomic E-state index is -0.574. The summed E-state index contributed by atoms with van der Waals surface area (Å²) < 4.78 is 12.1. The summed E-state index contributed by atoms with van der Waals surface area (Å²) in [6, 6.07) is 0. The number of hydrogen-bond donors (Lipinski definition) is 3. The summed E-state index contributed by atoms with van der Waals surface area (Å²) >= 11 is 5.50. The lowest BCUT2D eigenvalue weighted by Crippen LogP contribution is -2.48. The molecule has 1 aliphatic heterocycles. The summed E-state index contributed by atoms with van der Waals surface area (Å²) in [5.41, 5.74) is 5.26. The number of H-pyrrole nitrogens is 1. The third-order valence-electron chi connectivity index (χ3n) is 4.30. The summed E-state index contributed by atoms with van der Waals surface area (Å²) in [6.07, 6.45) is 2.09. The fraction of sp³-hybridized carbons (Fsp3) is 0.706. The predicted molar refractivity (Wildman–Crippen MR) is 109 cm³/mol. The molecule has 0 aliphatic carbocycles. The van der Waals surface area contributed by atoms with E-state index in [0.29, 0.717) is 31.4 Å². The van der Waals surface area contributed by atoms with Crippen LogP contribution < -0.4 is 27.2 Å². The molecule has 0 bridgehead atoms. The van der Waals surface area contributed by atoms with Gasteiger partial charge in [-0.25, -0.2) is 4.79 Å². The number of methoxy groups -OCH3 is 1. The average molecular weight is 400 g/mol. The van der Waals surface area contributed by atoms with Gasteiger partial charge in [-0.2, -0.15) is 0 Å². The van der Waals surface area contributed by atoms with E-state index < -0.39 is 11.2 Å². The molecule has 152 valence electrons. The van der Waals surface area contributed by atoms with E-state index in [4.69, 9.17) is 27.4 Å². The van der Waals surface area contributed by atoms with E-state index in [1.165, 1.54) is 4.57 Å². The quantitative estimate of drug-likeness (QED) is 0.534. The predicted octanol–water partition coefficient (Wildman–Crippen LogP) is 0.281. The molecule has 1 saturated heterocycles. The number of ether oxygens (including phenoxy) is 2. The van der Waals surface area contributed by atoms with Gasteiger partial charge in [-0.1, -0.05) is 13.8 Å². The average Bonchev–Trinajstić information content (AvgIpc) is 3.12. The number of hydrogen-bond acceptors (Lipinski definition) is 6. The molecule has 0 radical (unpaired) electrons. The van der Waals surface area contributed by atoms with Crippen LogP contribution in [-0.2, 0) is 16.0 Å². The first-order valence-corrected chi connectivity index (χ1v) is 9.54. The molecule has 9 nitrogen and oxygen atoms in total. The van der Waals surface area contributed by atoms with Crippen LogP contribution in [0.1, 0.15) is 26.7 Å². The van der Waals surface area contributed by atoms with E-state index in [-0.39, 0.29) is 23.5 Å². The van der Waals surface area contributed by atoms with Gasteiger partial charge in [0.05, 0.1) is 12.7 Å². The molecule has 0 amide bonds. The first-order chi connectivity index (χ1) is 12.8. The summed E-state index contributed by atoms with van der Waals surface area (Å²) in [6.45, 7) is 6.28. The van der Waals surface area contributed by atoms with Gasteiger partial charge in [0.1, 0.15) is 5.82 Å². The zero-order valence-electron chi connectivity index (χ0n) is 16.1. The maximum absolute atomic E-state index is 12.5. The molecule has 27 heavy (non-hydrogen) atoms. The smallest absolute Gasteiger partial charge is 0.330 e. The minimum Gasteiger partial charge on any atom is -0.383 e. The lowest BCUT2D eigenvalue weighted by Gasteiger charge is -2.27. The molecule has 2 heterocycles. The molecule has 2 rings (SSSR count). The summed E-state index contributed by atoms with van der Waals surface area (Å²) in [5, 5.41) is 3.48. The molecule has 10 heteroatoms. The van der Waals surface area contributed by atoms with Crippen LogP contribution in [-0.4, -0.2) is 54.2 Å². The zero-order valence-corrected chi connectivity index (χ0v) is 16.9. The van der Waals surface area contributed by atoms with Crippen LogP contribution in [0.25, 0.3) is 0 Å². The Morgan fingerprint density at radius 2 is 2.26 bits per heavy atom. The second-order valence-electron chi connectivity index (χ2n) is 6.96. The number of thiocarbonyl (C=S) groups is 1.